The number of aromatic nitrogens is 4. The predicted molar refractivity (Wildman–Crippen MR) is 106 cm³/mol. The third-order valence-electron chi connectivity index (χ3n) is 4.47. The molecule has 0 saturated carbocycles. The van der Waals surface area contributed by atoms with Gasteiger partial charge in [0.1, 0.15) is 5.69 Å². The van der Waals surface area contributed by atoms with Gasteiger partial charge in [-0.25, -0.2) is 0 Å². The molecule has 136 valence electrons. The van der Waals surface area contributed by atoms with Gasteiger partial charge < -0.3 is 5.32 Å². The maximum atomic E-state index is 12.5. The minimum Gasteiger partial charge on any atom is -0.318 e. The SMILES string of the molecule is Cc1nn(C)c(C(=O)Nc2cnn(Cc3cccc4ccccc34)c2)c1Cl. The van der Waals surface area contributed by atoms with Gasteiger partial charge in [-0.1, -0.05) is 54.1 Å². The van der Waals surface area contributed by atoms with Gasteiger partial charge in [0.25, 0.3) is 5.91 Å². The molecule has 0 aliphatic carbocycles. The Morgan fingerprint density at radius 1 is 1.19 bits per heavy atom. The zero-order chi connectivity index (χ0) is 19.0. The average Bonchev–Trinajstić information content (AvgIpc) is 3.19. The van der Waals surface area contributed by atoms with Crippen molar-refractivity contribution in [1.82, 2.24) is 19.6 Å². The fraction of sp³-hybridized carbons (Fsp3) is 0.150. The summed E-state index contributed by atoms with van der Waals surface area (Å²) in [7, 11) is 1.69. The van der Waals surface area contributed by atoms with Crippen molar-refractivity contribution in [3.8, 4) is 0 Å². The van der Waals surface area contributed by atoms with Crippen LogP contribution in [-0.2, 0) is 13.6 Å². The van der Waals surface area contributed by atoms with Crippen molar-refractivity contribution in [2.45, 2.75) is 13.5 Å². The van der Waals surface area contributed by atoms with Crippen molar-refractivity contribution in [1.29, 1.82) is 0 Å². The standard InChI is InChI=1S/C20H18ClN5O/c1-13-18(21)19(25(2)24-13)20(27)23-16-10-22-26(12-16)11-15-8-5-7-14-6-3-4-9-17(14)15/h3-10,12H,11H2,1-2H3,(H,23,27). The molecule has 0 spiro atoms. The lowest BCUT2D eigenvalue weighted by atomic mass is 10.0. The van der Waals surface area contributed by atoms with Gasteiger partial charge in [-0.2, -0.15) is 10.2 Å². The summed E-state index contributed by atoms with van der Waals surface area (Å²) < 4.78 is 3.28. The number of rotatable bonds is 4. The summed E-state index contributed by atoms with van der Waals surface area (Å²) in [5, 5.41) is 14.1. The topological polar surface area (TPSA) is 64.7 Å². The molecule has 0 saturated heterocycles. The lowest BCUT2D eigenvalue weighted by molar-refractivity contribution is 0.101. The molecule has 4 aromatic rings. The number of benzene rings is 2. The van der Waals surface area contributed by atoms with E-state index >= 15 is 0 Å². The molecule has 0 bridgehead atoms. The van der Waals surface area contributed by atoms with Crippen LogP contribution in [0.5, 0.6) is 0 Å². The summed E-state index contributed by atoms with van der Waals surface area (Å²) in [6.07, 6.45) is 3.43. The van der Waals surface area contributed by atoms with Crippen molar-refractivity contribution in [2.75, 3.05) is 5.32 Å². The summed E-state index contributed by atoms with van der Waals surface area (Å²) in [5.41, 5.74) is 2.72. The maximum Gasteiger partial charge on any atom is 0.275 e. The first-order valence-corrected chi connectivity index (χ1v) is 8.90. The molecule has 0 unspecified atom stereocenters. The molecule has 2 aromatic heterocycles. The van der Waals surface area contributed by atoms with Gasteiger partial charge in [0, 0.05) is 13.2 Å². The van der Waals surface area contributed by atoms with Crippen LogP contribution in [0.15, 0.2) is 54.9 Å². The van der Waals surface area contributed by atoms with Crippen molar-refractivity contribution >= 4 is 34.0 Å². The van der Waals surface area contributed by atoms with Crippen LogP contribution < -0.4 is 5.32 Å². The Morgan fingerprint density at radius 2 is 1.96 bits per heavy atom. The molecule has 0 aliphatic heterocycles. The van der Waals surface area contributed by atoms with E-state index in [1.807, 2.05) is 18.2 Å². The number of hydrogen-bond donors (Lipinski definition) is 1. The summed E-state index contributed by atoms with van der Waals surface area (Å²) in [6.45, 7) is 2.38. The fourth-order valence-electron chi connectivity index (χ4n) is 3.19. The smallest absolute Gasteiger partial charge is 0.275 e. The predicted octanol–water partition coefficient (Wildman–Crippen LogP) is 4.03. The van der Waals surface area contributed by atoms with Crippen molar-refractivity contribution < 1.29 is 4.79 Å². The lowest BCUT2D eigenvalue weighted by Crippen LogP contribution is -2.16. The normalized spacial score (nSPS) is 11.1. The highest BCUT2D eigenvalue weighted by molar-refractivity contribution is 6.34. The number of nitrogens with one attached hydrogen (secondary N) is 1. The largest absolute Gasteiger partial charge is 0.318 e. The number of hydrogen-bond acceptors (Lipinski definition) is 3. The van der Waals surface area contributed by atoms with Crippen LogP contribution in [0.2, 0.25) is 5.02 Å². The molecule has 4 rings (SSSR count). The second-order valence-corrected chi connectivity index (χ2v) is 6.77. The van der Waals surface area contributed by atoms with E-state index in [1.54, 1.807) is 31.0 Å². The molecule has 1 amide bonds. The first-order chi connectivity index (χ1) is 13.0. The van der Waals surface area contributed by atoms with Gasteiger partial charge >= 0.3 is 0 Å². The number of nitrogens with zero attached hydrogens (tertiary/aromatic N) is 4. The highest BCUT2D eigenvalue weighted by Crippen LogP contribution is 2.22. The van der Waals surface area contributed by atoms with E-state index in [0.29, 0.717) is 28.6 Å². The molecule has 6 nitrogen and oxygen atoms in total. The number of aryl methyl sites for hydroxylation is 2. The van der Waals surface area contributed by atoms with E-state index in [4.69, 9.17) is 11.6 Å². The van der Waals surface area contributed by atoms with Crippen LogP contribution in [-0.4, -0.2) is 25.5 Å². The number of fused-ring (bicyclic) bond motifs is 1. The quantitative estimate of drug-likeness (QED) is 0.582. The minimum absolute atomic E-state index is 0.312. The Kier molecular flexibility index (Phi) is 4.41. The maximum absolute atomic E-state index is 12.5. The Hall–Kier alpha value is -3.12. The van der Waals surface area contributed by atoms with Gasteiger partial charge in [-0.15, -0.1) is 0 Å². The average molecular weight is 380 g/mol. The molecular weight excluding hydrogens is 362 g/mol. The molecule has 7 heteroatoms. The number of carbonyl (C=O) groups is 1. The summed E-state index contributed by atoms with van der Waals surface area (Å²) in [4.78, 5) is 12.5. The van der Waals surface area contributed by atoms with Crippen LogP contribution in [0.1, 0.15) is 21.7 Å². The Bertz CT molecular complexity index is 1140. The fourth-order valence-corrected chi connectivity index (χ4v) is 3.43. The number of anilines is 1. The number of halogens is 1. The zero-order valence-electron chi connectivity index (χ0n) is 15.0. The van der Waals surface area contributed by atoms with E-state index in [2.05, 4.69) is 39.8 Å². The molecule has 0 atom stereocenters. The van der Waals surface area contributed by atoms with Gasteiger partial charge in [0.05, 0.1) is 29.1 Å². The van der Waals surface area contributed by atoms with Crippen LogP contribution in [0.25, 0.3) is 10.8 Å². The van der Waals surface area contributed by atoms with Gasteiger partial charge in [0.15, 0.2) is 0 Å². The molecule has 2 aromatic carbocycles. The second-order valence-electron chi connectivity index (χ2n) is 6.39. The van der Waals surface area contributed by atoms with Crippen LogP contribution in [0.3, 0.4) is 0 Å². The van der Waals surface area contributed by atoms with Gasteiger partial charge in [-0.05, 0) is 23.3 Å². The van der Waals surface area contributed by atoms with Gasteiger partial charge in [-0.3, -0.25) is 14.2 Å². The molecular formula is C20H18ClN5O. The molecule has 0 aliphatic rings. The Morgan fingerprint density at radius 3 is 2.74 bits per heavy atom. The lowest BCUT2D eigenvalue weighted by Gasteiger charge is -2.07. The molecule has 0 radical (unpaired) electrons. The summed E-state index contributed by atoms with van der Waals surface area (Å²) in [5.74, 6) is -0.312. The van der Waals surface area contributed by atoms with E-state index in [1.165, 1.54) is 21.0 Å². The zero-order valence-corrected chi connectivity index (χ0v) is 15.7. The molecule has 1 N–H and O–H groups in total. The van der Waals surface area contributed by atoms with Gasteiger partial charge in [0.2, 0.25) is 0 Å². The number of amides is 1. The third-order valence-corrected chi connectivity index (χ3v) is 4.92. The van der Waals surface area contributed by atoms with Crippen LogP contribution in [0.4, 0.5) is 5.69 Å². The van der Waals surface area contributed by atoms with Crippen LogP contribution in [0, 0.1) is 6.92 Å². The van der Waals surface area contributed by atoms with E-state index in [9.17, 15) is 4.79 Å². The van der Waals surface area contributed by atoms with E-state index < -0.39 is 0 Å². The molecule has 27 heavy (non-hydrogen) atoms. The first-order valence-electron chi connectivity index (χ1n) is 8.52. The highest BCUT2D eigenvalue weighted by atomic mass is 35.5. The molecule has 0 fully saturated rings. The monoisotopic (exact) mass is 379 g/mol. The van der Waals surface area contributed by atoms with Crippen molar-refractivity contribution in [3.63, 3.8) is 0 Å². The summed E-state index contributed by atoms with van der Waals surface area (Å²) in [6, 6.07) is 14.5. The van der Waals surface area contributed by atoms with E-state index in [0.717, 1.165) is 0 Å². The summed E-state index contributed by atoms with van der Waals surface area (Å²) >= 11 is 6.18. The number of carbonyl (C=O) groups excluding carboxylic acids is 1. The third kappa shape index (κ3) is 3.31. The van der Waals surface area contributed by atoms with Crippen LogP contribution >= 0.6 is 11.6 Å². The highest BCUT2D eigenvalue weighted by Gasteiger charge is 2.19. The Balaban J connectivity index is 1.54. The minimum atomic E-state index is -0.312. The van der Waals surface area contributed by atoms with E-state index in [-0.39, 0.29) is 5.91 Å². The Labute approximate surface area is 161 Å². The van der Waals surface area contributed by atoms with Crippen molar-refractivity contribution in [2.24, 2.45) is 7.05 Å². The first kappa shape index (κ1) is 17.3. The van der Waals surface area contributed by atoms with Crippen molar-refractivity contribution in [3.05, 3.63) is 76.8 Å². The molecule has 2 heterocycles. The second kappa shape index (κ2) is 6.89.